The number of carbonyl (C=O) groups excluding carboxylic acids is 1. The number of hydrogen-bond donors (Lipinski definition) is 1. The summed E-state index contributed by atoms with van der Waals surface area (Å²) in [5.74, 6) is -0.393. The lowest BCUT2D eigenvalue weighted by molar-refractivity contribution is -0.124. The maximum atomic E-state index is 12.4. The van der Waals surface area contributed by atoms with Crippen LogP contribution in [0.25, 0.3) is 0 Å². The maximum Gasteiger partial charge on any atom is 0.239 e. The van der Waals surface area contributed by atoms with E-state index in [1.807, 2.05) is 53.4 Å². The van der Waals surface area contributed by atoms with E-state index in [1.165, 1.54) is 0 Å². The second-order valence-electron chi connectivity index (χ2n) is 5.99. The van der Waals surface area contributed by atoms with Crippen LogP contribution in [0.5, 0.6) is 0 Å². The molecule has 26 heavy (non-hydrogen) atoms. The van der Waals surface area contributed by atoms with E-state index in [1.54, 1.807) is 24.8 Å². The zero-order valence-electron chi connectivity index (χ0n) is 14.1. The van der Waals surface area contributed by atoms with Crippen molar-refractivity contribution in [3.05, 3.63) is 94.5 Å². The molecule has 1 atom stereocenters. The number of aromatic nitrogens is 2. The average Bonchev–Trinajstić information content (AvgIpc) is 2.63. The number of pyridine rings is 2. The van der Waals surface area contributed by atoms with E-state index in [0.29, 0.717) is 13.1 Å². The molecule has 6 heteroatoms. The fraction of sp³-hybridized carbons (Fsp3) is 0.150. The molecule has 0 fully saturated rings. The van der Waals surface area contributed by atoms with Crippen LogP contribution in [-0.2, 0) is 17.9 Å². The number of nitrogens with two attached hydrogens (primary N) is 1. The van der Waals surface area contributed by atoms with Crippen molar-refractivity contribution in [3.63, 3.8) is 0 Å². The van der Waals surface area contributed by atoms with E-state index in [4.69, 9.17) is 5.73 Å². The van der Waals surface area contributed by atoms with Crippen LogP contribution >= 0.6 is 15.9 Å². The minimum atomic E-state index is -0.562. The lowest BCUT2D eigenvalue weighted by Gasteiger charge is -2.30. The minimum absolute atomic E-state index is 0.393. The molecule has 2 aromatic heterocycles. The van der Waals surface area contributed by atoms with E-state index in [2.05, 4.69) is 25.9 Å². The van der Waals surface area contributed by atoms with Gasteiger partial charge in [-0.1, -0.05) is 40.2 Å². The number of nitrogens with zero attached hydrogens (tertiary/aromatic N) is 3. The van der Waals surface area contributed by atoms with Gasteiger partial charge in [0.15, 0.2) is 0 Å². The van der Waals surface area contributed by atoms with Crippen molar-refractivity contribution in [1.82, 2.24) is 14.9 Å². The molecule has 0 aliphatic rings. The number of amides is 1. The van der Waals surface area contributed by atoms with Crippen molar-refractivity contribution in [2.75, 3.05) is 0 Å². The molecule has 0 saturated carbocycles. The van der Waals surface area contributed by atoms with Gasteiger partial charge in [-0.2, -0.15) is 0 Å². The van der Waals surface area contributed by atoms with Crippen molar-refractivity contribution >= 4 is 21.8 Å². The van der Waals surface area contributed by atoms with Crippen molar-refractivity contribution in [2.24, 2.45) is 5.73 Å². The third kappa shape index (κ3) is 4.74. The molecule has 0 spiro atoms. The van der Waals surface area contributed by atoms with Crippen LogP contribution in [0.15, 0.2) is 77.8 Å². The summed E-state index contributed by atoms with van der Waals surface area (Å²) in [5, 5.41) is 0. The molecule has 0 aliphatic carbocycles. The number of primary amides is 1. The first kappa shape index (κ1) is 18.2. The summed E-state index contributed by atoms with van der Waals surface area (Å²) in [6.45, 7) is 1.09. The van der Waals surface area contributed by atoms with Gasteiger partial charge in [0.2, 0.25) is 5.91 Å². The van der Waals surface area contributed by atoms with Crippen LogP contribution in [0.1, 0.15) is 22.7 Å². The Bertz CT molecular complexity index is 816. The smallest absolute Gasteiger partial charge is 0.239 e. The van der Waals surface area contributed by atoms with Crippen molar-refractivity contribution in [1.29, 1.82) is 0 Å². The van der Waals surface area contributed by atoms with E-state index < -0.39 is 11.9 Å². The predicted octanol–water partition coefficient (Wildman–Crippen LogP) is 3.47. The first-order chi connectivity index (χ1) is 12.6. The number of carbonyl (C=O) groups is 1. The van der Waals surface area contributed by atoms with Gasteiger partial charge in [-0.3, -0.25) is 19.7 Å². The average molecular weight is 411 g/mol. The summed E-state index contributed by atoms with van der Waals surface area (Å²) < 4.78 is 0.906. The molecule has 0 radical (unpaired) electrons. The Morgan fingerprint density at radius 2 is 1.62 bits per heavy atom. The summed E-state index contributed by atoms with van der Waals surface area (Å²) in [7, 11) is 0. The molecule has 2 heterocycles. The van der Waals surface area contributed by atoms with Crippen LogP contribution in [0.4, 0.5) is 0 Å². The quantitative estimate of drug-likeness (QED) is 0.646. The standard InChI is InChI=1S/C20H19BrN4O/c21-18-7-1-6-17(10-18)19(20(22)26)25(13-15-4-2-8-23-11-15)14-16-5-3-9-24-12-16/h1-12,19H,13-14H2,(H2,22,26). The van der Waals surface area contributed by atoms with E-state index in [0.717, 1.165) is 21.2 Å². The van der Waals surface area contributed by atoms with Gasteiger partial charge in [-0.15, -0.1) is 0 Å². The maximum absolute atomic E-state index is 12.4. The monoisotopic (exact) mass is 410 g/mol. The van der Waals surface area contributed by atoms with Gasteiger partial charge >= 0.3 is 0 Å². The fourth-order valence-corrected chi connectivity index (χ4v) is 3.34. The molecule has 1 unspecified atom stereocenters. The Labute approximate surface area is 161 Å². The molecule has 3 rings (SSSR count). The highest BCUT2D eigenvalue weighted by Crippen LogP contribution is 2.26. The zero-order chi connectivity index (χ0) is 18.4. The second kappa shape index (κ2) is 8.69. The Hall–Kier alpha value is -2.57. The summed E-state index contributed by atoms with van der Waals surface area (Å²) in [6.07, 6.45) is 7.06. The Balaban J connectivity index is 1.97. The van der Waals surface area contributed by atoms with Gasteiger partial charge in [0, 0.05) is 42.3 Å². The molecule has 3 aromatic rings. The van der Waals surface area contributed by atoms with E-state index in [9.17, 15) is 4.79 Å². The third-order valence-corrected chi connectivity index (χ3v) is 4.51. The van der Waals surface area contributed by atoms with Crippen molar-refractivity contribution in [3.8, 4) is 0 Å². The van der Waals surface area contributed by atoms with Crippen molar-refractivity contribution in [2.45, 2.75) is 19.1 Å². The third-order valence-electron chi connectivity index (χ3n) is 4.02. The first-order valence-electron chi connectivity index (χ1n) is 8.20. The minimum Gasteiger partial charge on any atom is -0.368 e. The predicted molar refractivity (Wildman–Crippen MR) is 104 cm³/mol. The Kier molecular flexibility index (Phi) is 6.09. The number of hydrogen-bond acceptors (Lipinski definition) is 4. The van der Waals surface area contributed by atoms with E-state index in [-0.39, 0.29) is 0 Å². The second-order valence-corrected chi connectivity index (χ2v) is 6.90. The molecule has 1 aromatic carbocycles. The van der Waals surface area contributed by atoms with E-state index >= 15 is 0 Å². The first-order valence-corrected chi connectivity index (χ1v) is 8.99. The Morgan fingerprint density at radius 3 is 2.08 bits per heavy atom. The summed E-state index contributed by atoms with van der Waals surface area (Å²) in [4.78, 5) is 22.8. The molecule has 0 bridgehead atoms. The van der Waals surface area contributed by atoms with Crippen molar-refractivity contribution < 1.29 is 4.79 Å². The normalized spacial score (nSPS) is 12.1. The topological polar surface area (TPSA) is 72.1 Å². The van der Waals surface area contributed by atoms with Crippen LogP contribution in [0.3, 0.4) is 0 Å². The Morgan fingerprint density at radius 1 is 1.00 bits per heavy atom. The summed E-state index contributed by atoms with van der Waals surface area (Å²) in [6, 6.07) is 14.9. The lowest BCUT2D eigenvalue weighted by atomic mass is 10.0. The number of benzene rings is 1. The molecule has 132 valence electrons. The highest BCUT2D eigenvalue weighted by molar-refractivity contribution is 9.10. The van der Waals surface area contributed by atoms with Gasteiger partial charge in [0.1, 0.15) is 6.04 Å². The molecule has 0 saturated heterocycles. The number of rotatable bonds is 7. The largest absolute Gasteiger partial charge is 0.368 e. The van der Waals surface area contributed by atoms with Crippen LogP contribution in [-0.4, -0.2) is 20.8 Å². The number of halogens is 1. The van der Waals surface area contributed by atoms with Gasteiger partial charge in [0.05, 0.1) is 0 Å². The highest BCUT2D eigenvalue weighted by Gasteiger charge is 2.26. The molecular weight excluding hydrogens is 392 g/mol. The molecule has 1 amide bonds. The zero-order valence-corrected chi connectivity index (χ0v) is 15.7. The fourth-order valence-electron chi connectivity index (χ4n) is 2.92. The molecule has 5 nitrogen and oxygen atoms in total. The van der Waals surface area contributed by atoms with Crippen LogP contribution < -0.4 is 5.73 Å². The SMILES string of the molecule is NC(=O)C(c1cccc(Br)c1)N(Cc1cccnc1)Cc1cccnc1. The highest BCUT2D eigenvalue weighted by atomic mass is 79.9. The van der Waals surface area contributed by atoms with Gasteiger partial charge in [-0.05, 0) is 41.0 Å². The summed E-state index contributed by atoms with van der Waals surface area (Å²) in [5.41, 5.74) is 8.67. The lowest BCUT2D eigenvalue weighted by Crippen LogP contribution is -2.37. The van der Waals surface area contributed by atoms with Crippen LogP contribution in [0, 0.1) is 0 Å². The molecular formula is C20H19BrN4O. The van der Waals surface area contributed by atoms with Gasteiger partial charge < -0.3 is 5.73 Å². The molecule has 2 N–H and O–H groups in total. The van der Waals surface area contributed by atoms with Crippen LogP contribution in [0.2, 0.25) is 0 Å². The van der Waals surface area contributed by atoms with Gasteiger partial charge in [0.25, 0.3) is 0 Å². The molecule has 0 aliphatic heterocycles. The van der Waals surface area contributed by atoms with Gasteiger partial charge in [-0.25, -0.2) is 0 Å². The summed E-state index contributed by atoms with van der Waals surface area (Å²) >= 11 is 3.47.